The quantitative estimate of drug-likeness (QED) is 0.0507. The molecule has 0 aromatic rings. The summed E-state index contributed by atoms with van der Waals surface area (Å²) in [5.41, 5.74) is 0. The first-order valence-corrected chi connectivity index (χ1v) is 20.0. The lowest BCUT2D eigenvalue weighted by Gasteiger charge is -2.50. The highest BCUT2D eigenvalue weighted by atomic mass is 32.3. The highest BCUT2D eigenvalue weighted by Gasteiger charge is 2.56. The Balaban J connectivity index is 1.68. The number of carboxylic acids is 2. The van der Waals surface area contributed by atoms with E-state index < -0.39 is 180 Å². The Bertz CT molecular complexity index is 1790. The number of amides is 2. The maximum absolute atomic E-state index is 12.4. The molecule has 0 aromatic carbocycles. The first-order chi connectivity index (χ1) is 28.1. The predicted molar refractivity (Wildman–Crippen MR) is 170 cm³/mol. The number of carbonyl (C=O) groups is 4. The van der Waals surface area contributed by atoms with Crippen molar-refractivity contribution >= 4 is 44.6 Å². The van der Waals surface area contributed by atoms with Gasteiger partial charge < -0.3 is 114 Å². The monoisotopic (exact) mass is 932 g/mol. The number of aliphatic carboxylic acids is 2. The van der Waals surface area contributed by atoms with Gasteiger partial charge in [-0.15, -0.1) is 0 Å². The molecule has 20 atom stereocenters. The third kappa shape index (κ3) is 12.6. The zero-order valence-electron chi connectivity index (χ0n) is 30.9. The highest BCUT2D eigenvalue weighted by molar-refractivity contribution is 7.81. The molecule has 352 valence electrons. The van der Waals surface area contributed by atoms with Crippen molar-refractivity contribution in [3.63, 3.8) is 0 Å². The number of hydrogen-bond donors (Lipinski definition) is 10. The average molecular weight is 933 g/mol. The highest BCUT2D eigenvalue weighted by Crippen LogP contribution is 2.35. The average Bonchev–Trinajstić information content (AvgIpc) is 3.13. The summed E-state index contributed by atoms with van der Waals surface area (Å²) in [6.45, 7) is -0.978. The molecule has 61 heavy (non-hydrogen) atoms. The number of nitrogens with one attached hydrogen (secondary N) is 2. The van der Waals surface area contributed by atoms with Crippen molar-refractivity contribution in [2.24, 2.45) is 0 Å². The van der Waals surface area contributed by atoms with Crippen LogP contribution in [0.4, 0.5) is 0 Å². The zero-order valence-corrected chi connectivity index (χ0v) is 32.6. The number of carboxylic acid groups (broad SMARTS) is 2. The smallest absolute Gasteiger partial charge is 0.217 e. The van der Waals surface area contributed by atoms with Gasteiger partial charge in [0.05, 0.1) is 25.2 Å². The molecule has 4 fully saturated rings. The van der Waals surface area contributed by atoms with Crippen LogP contribution in [0.5, 0.6) is 0 Å². The van der Waals surface area contributed by atoms with E-state index in [-0.39, 0.29) is 0 Å². The van der Waals surface area contributed by atoms with Gasteiger partial charge in [0.25, 0.3) is 0 Å². The number of rotatable bonds is 16. The van der Waals surface area contributed by atoms with E-state index in [4.69, 9.17) is 33.2 Å². The summed E-state index contributed by atoms with van der Waals surface area (Å²) in [6.07, 6.45) is -42.1. The van der Waals surface area contributed by atoms with Crippen molar-refractivity contribution in [1.82, 2.24) is 10.6 Å². The third-order valence-electron chi connectivity index (χ3n) is 9.31. The first-order valence-electron chi connectivity index (χ1n) is 17.3. The fourth-order valence-corrected chi connectivity index (χ4v) is 7.14. The Hall–Kier alpha value is -2.98. The molecule has 0 aliphatic carbocycles. The molecule has 10 N–H and O–H groups in total. The SMILES string of the molecule is CC(=O)NC1C(OC2C(C(=O)[O-])OC(OC3C(O)C(COS(=O)(=O)[O-])OC(OC4C(C(=O)[O-])OC(O)C(O)C4O)C3NC(C)=O)C(O)C2O)OC(COS(=O)(=O)[O-])C(O)C1O. The van der Waals surface area contributed by atoms with Crippen LogP contribution in [0.3, 0.4) is 0 Å². The molecular weight excluding hydrogens is 892 g/mol. The van der Waals surface area contributed by atoms with Crippen LogP contribution >= 0.6 is 0 Å². The van der Waals surface area contributed by atoms with Gasteiger partial charge in [0.1, 0.15) is 97.5 Å². The van der Waals surface area contributed by atoms with Crippen LogP contribution in [-0.4, -0.2) is 226 Å². The second kappa shape index (κ2) is 20.2. The lowest BCUT2D eigenvalue weighted by molar-refractivity contribution is -0.386. The van der Waals surface area contributed by atoms with Gasteiger partial charge in [-0.25, -0.2) is 16.8 Å². The lowest BCUT2D eigenvalue weighted by Crippen LogP contribution is -2.71. The first kappa shape index (κ1) is 50.7. The van der Waals surface area contributed by atoms with Gasteiger partial charge in [0.15, 0.2) is 25.2 Å². The Morgan fingerprint density at radius 1 is 0.525 bits per heavy atom. The van der Waals surface area contributed by atoms with E-state index in [0.717, 1.165) is 13.8 Å². The second-order valence-corrected chi connectivity index (χ2v) is 15.8. The zero-order chi connectivity index (χ0) is 46.0. The van der Waals surface area contributed by atoms with Crippen molar-refractivity contribution in [3.8, 4) is 0 Å². The molecule has 4 rings (SSSR count). The van der Waals surface area contributed by atoms with Crippen LogP contribution in [0.2, 0.25) is 0 Å². The van der Waals surface area contributed by atoms with Crippen LogP contribution < -0.4 is 20.8 Å². The summed E-state index contributed by atoms with van der Waals surface area (Å²) < 4.78 is 113. The molecule has 4 saturated heterocycles. The maximum Gasteiger partial charge on any atom is 0.217 e. The van der Waals surface area contributed by atoms with Crippen LogP contribution in [0.15, 0.2) is 0 Å². The van der Waals surface area contributed by atoms with E-state index in [9.17, 15) is 96.2 Å². The molecule has 0 spiro atoms. The minimum absolute atomic E-state index is 0.833. The van der Waals surface area contributed by atoms with E-state index in [0.29, 0.717) is 0 Å². The number of aliphatic hydroxyl groups is 8. The molecule has 0 radical (unpaired) electrons. The van der Waals surface area contributed by atoms with Crippen LogP contribution in [0.1, 0.15) is 13.8 Å². The molecule has 4 heterocycles. The van der Waals surface area contributed by atoms with E-state index >= 15 is 0 Å². The van der Waals surface area contributed by atoms with Gasteiger partial charge in [-0.1, -0.05) is 0 Å². The normalized spacial score (nSPS) is 42.3. The summed E-state index contributed by atoms with van der Waals surface area (Å²) in [5.74, 6) is -6.44. The predicted octanol–water partition coefficient (Wildman–Crippen LogP) is -13.0. The van der Waals surface area contributed by atoms with Crippen LogP contribution in [0, 0.1) is 0 Å². The summed E-state index contributed by atoms with van der Waals surface area (Å²) in [5, 5.41) is 114. The molecule has 0 bridgehead atoms. The summed E-state index contributed by atoms with van der Waals surface area (Å²) in [7, 11) is -11.0. The van der Waals surface area contributed by atoms with Crippen molar-refractivity contribution in [2.45, 2.75) is 137 Å². The van der Waals surface area contributed by atoms with Crippen molar-refractivity contribution in [3.05, 3.63) is 0 Å². The molecule has 0 aromatic heterocycles. The van der Waals surface area contributed by atoms with E-state index in [1.807, 2.05) is 0 Å². The number of carbonyl (C=O) groups excluding carboxylic acids is 4. The van der Waals surface area contributed by atoms with Crippen molar-refractivity contribution in [2.75, 3.05) is 13.2 Å². The van der Waals surface area contributed by atoms with Crippen LogP contribution in [-0.2, 0) is 81.5 Å². The van der Waals surface area contributed by atoms with E-state index in [2.05, 4.69) is 19.0 Å². The summed E-state index contributed by atoms with van der Waals surface area (Å²) in [4.78, 5) is 48.6. The Labute approximate surface area is 342 Å². The Morgan fingerprint density at radius 3 is 1.39 bits per heavy atom. The fraction of sp³-hybridized carbons (Fsp3) is 0.857. The fourth-order valence-electron chi connectivity index (χ4n) is 6.54. The largest absolute Gasteiger partial charge is 0.726 e. The van der Waals surface area contributed by atoms with Crippen LogP contribution in [0.25, 0.3) is 0 Å². The standard InChI is InChI=1S/C28H44N2O29S2/c1-5(31)29-9-13(35)11(33)7(3-51-60(45,46)47)53-26(9)57-20-15(37)17(39)28(59-22(20)24(42)43)56-18-10(30-6(2)32)27(54-8(12(18)34)4-52-61(48,49)50)58-19-14(36)16(38)25(44)55-21(19)23(40)41/h7-22,25-28,33-39,44H,3-4H2,1-2H3,(H,29,31)(H,30,32)(H,40,41)(H,42,43)(H,45,46,47)(H,48,49,50)/p-4. The minimum atomic E-state index is -5.59. The summed E-state index contributed by atoms with van der Waals surface area (Å²) in [6, 6.07) is -3.96. The van der Waals surface area contributed by atoms with E-state index in [1.165, 1.54) is 0 Å². The van der Waals surface area contributed by atoms with Gasteiger partial charge >= 0.3 is 0 Å². The summed E-state index contributed by atoms with van der Waals surface area (Å²) >= 11 is 0. The topological polar surface area (TPSA) is 498 Å². The molecule has 20 unspecified atom stereocenters. The molecule has 2 amide bonds. The Kier molecular flexibility index (Phi) is 16.8. The van der Waals surface area contributed by atoms with Crippen molar-refractivity contribution < 1.29 is 138 Å². The van der Waals surface area contributed by atoms with E-state index in [1.54, 1.807) is 0 Å². The maximum atomic E-state index is 12.4. The minimum Gasteiger partial charge on any atom is -0.726 e. The van der Waals surface area contributed by atoms with Gasteiger partial charge in [0, 0.05) is 13.8 Å². The number of hydrogen-bond acceptors (Lipinski definition) is 29. The lowest BCUT2D eigenvalue weighted by atomic mass is 9.94. The second-order valence-electron chi connectivity index (χ2n) is 13.7. The molecule has 4 aliphatic heterocycles. The van der Waals surface area contributed by atoms with Gasteiger partial charge in [0.2, 0.25) is 32.6 Å². The van der Waals surface area contributed by atoms with Gasteiger partial charge in [-0.2, -0.15) is 0 Å². The number of aliphatic hydroxyl groups excluding tert-OH is 8. The molecule has 4 aliphatic rings. The molecule has 33 heteroatoms. The van der Waals surface area contributed by atoms with Crippen molar-refractivity contribution in [1.29, 1.82) is 0 Å². The number of ether oxygens (including phenoxy) is 7. The third-order valence-corrected chi connectivity index (χ3v) is 10.2. The van der Waals surface area contributed by atoms with Gasteiger partial charge in [-0.3, -0.25) is 18.0 Å². The Morgan fingerprint density at radius 2 is 0.934 bits per heavy atom. The van der Waals surface area contributed by atoms with Gasteiger partial charge in [-0.05, 0) is 0 Å². The molecule has 31 nitrogen and oxygen atoms in total. The molecule has 0 saturated carbocycles. The molecular formula is C28H40N2O29S2-4.